The van der Waals surface area contributed by atoms with E-state index in [0.717, 1.165) is 32.0 Å². The summed E-state index contributed by atoms with van der Waals surface area (Å²) in [5.74, 6) is 0. The van der Waals surface area contributed by atoms with Gasteiger partial charge in [0.2, 0.25) is 0 Å². The van der Waals surface area contributed by atoms with Crippen molar-refractivity contribution in [2.45, 2.75) is 48.3 Å². The van der Waals surface area contributed by atoms with Gasteiger partial charge in [0.1, 0.15) is 0 Å². The molecule has 1 atom stereocenters. The fourth-order valence-electron chi connectivity index (χ4n) is 4.53. The van der Waals surface area contributed by atoms with E-state index >= 15 is 0 Å². The summed E-state index contributed by atoms with van der Waals surface area (Å²) in [4.78, 5) is 14.3. The molecule has 2 radical (unpaired) electrons. The molecule has 2 aliphatic rings. The van der Waals surface area contributed by atoms with Gasteiger partial charge in [-0.2, -0.15) is 13.2 Å². The molecule has 170 valence electrons. The van der Waals surface area contributed by atoms with Gasteiger partial charge in [0.05, 0.1) is 33.9 Å². The van der Waals surface area contributed by atoms with Gasteiger partial charge in [0.25, 0.3) is 5.69 Å². The van der Waals surface area contributed by atoms with Crippen molar-refractivity contribution >= 4 is 49.7 Å². The molecular weight excluding hydrogens is 498 g/mol. The highest BCUT2D eigenvalue weighted by atomic mass is 79.9. The van der Waals surface area contributed by atoms with Gasteiger partial charge < -0.3 is 9.80 Å². The zero-order valence-corrected chi connectivity index (χ0v) is 19.6. The minimum absolute atomic E-state index is 0.0886. The van der Waals surface area contributed by atoms with Crippen LogP contribution in [0.25, 0.3) is 0 Å². The lowest BCUT2D eigenvalue weighted by atomic mass is 10.0. The molecule has 2 aliphatic heterocycles. The SMILES string of the molecule is [B]CC1=S(=O)(C2CCCN(C)CCC2)c2cc([N+](=O)[O-])cc(C(F)(F)F)c2N1CCBr. The number of nitro groups is 1. The van der Waals surface area contributed by atoms with Crippen molar-refractivity contribution < 1.29 is 22.3 Å². The summed E-state index contributed by atoms with van der Waals surface area (Å²) in [7, 11) is 4.77. The number of halogens is 4. The van der Waals surface area contributed by atoms with E-state index < -0.39 is 37.1 Å². The Kier molecular flexibility index (Phi) is 7.32. The largest absolute Gasteiger partial charge is 0.418 e. The Labute approximate surface area is 189 Å². The highest BCUT2D eigenvalue weighted by Gasteiger charge is 2.46. The normalized spacial score (nSPS) is 23.5. The fourth-order valence-corrected chi connectivity index (χ4v) is 8.44. The van der Waals surface area contributed by atoms with Gasteiger partial charge in [-0.25, -0.2) is 0 Å². The predicted molar refractivity (Wildman–Crippen MR) is 121 cm³/mol. The standard InChI is InChI=1S/C19H24BBrF3N3O3S/c1-25-7-2-4-14(5-3-8-25)31(30)16-11-13(27(28)29)10-15(19(22,23)24)18(16)26(9-6-21)17(31)12-20/h10-11,14H,2-9,12H2,1H3. The lowest BCUT2D eigenvalue weighted by molar-refractivity contribution is -0.385. The quantitative estimate of drug-likeness (QED) is 0.192. The number of nitrogens with zero attached hydrogens (tertiary/aromatic N) is 3. The second-order valence-corrected chi connectivity index (χ2v) is 11.4. The number of fused-ring (bicyclic) bond motifs is 1. The van der Waals surface area contributed by atoms with Gasteiger partial charge in [0, 0.05) is 38.8 Å². The fraction of sp³-hybridized carbons (Fsp3) is 0.632. The smallest absolute Gasteiger partial charge is 0.336 e. The Bertz CT molecular complexity index is 972. The number of hydrogen-bond donors (Lipinski definition) is 0. The van der Waals surface area contributed by atoms with E-state index in [1.165, 1.54) is 4.90 Å². The van der Waals surface area contributed by atoms with Gasteiger partial charge in [-0.3, -0.25) is 14.3 Å². The third-order valence-corrected chi connectivity index (χ3v) is 9.72. The van der Waals surface area contributed by atoms with E-state index in [2.05, 4.69) is 20.8 Å². The average molecular weight is 522 g/mol. The van der Waals surface area contributed by atoms with E-state index in [-0.39, 0.29) is 28.4 Å². The number of hydrogen-bond acceptors (Lipinski definition) is 5. The number of alkyl halides is 4. The zero-order valence-electron chi connectivity index (χ0n) is 17.2. The van der Waals surface area contributed by atoms with Crippen molar-refractivity contribution in [2.24, 2.45) is 0 Å². The molecule has 0 N–H and O–H groups in total. The van der Waals surface area contributed by atoms with Crippen molar-refractivity contribution in [1.82, 2.24) is 4.90 Å². The van der Waals surface area contributed by atoms with Gasteiger partial charge in [-0.15, -0.1) is 0 Å². The maximum Gasteiger partial charge on any atom is 0.418 e. The molecule has 1 aromatic rings. The summed E-state index contributed by atoms with van der Waals surface area (Å²) in [5, 5.41) is 11.4. The number of likely N-dealkylation sites (tertiary alicyclic amines) is 1. The number of nitro benzene ring substituents is 1. The molecule has 0 amide bonds. The van der Waals surface area contributed by atoms with Crippen molar-refractivity contribution in [1.29, 1.82) is 0 Å². The third kappa shape index (κ3) is 4.48. The number of benzene rings is 1. The Balaban J connectivity index is 2.31. The first kappa shape index (κ1) is 24.4. The first-order valence-electron chi connectivity index (χ1n) is 10.1. The summed E-state index contributed by atoms with van der Waals surface area (Å²) in [6, 6.07) is 1.61. The monoisotopic (exact) mass is 521 g/mol. The van der Waals surface area contributed by atoms with E-state index in [4.69, 9.17) is 7.85 Å². The molecular formula is C19H24BBrF3N3O3S. The van der Waals surface area contributed by atoms with Crippen LogP contribution in [-0.4, -0.2) is 64.1 Å². The van der Waals surface area contributed by atoms with E-state index in [1.807, 2.05) is 7.05 Å². The topological polar surface area (TPSA) is 66.7 Å². The molecule has 1 aromatic carbocycles. The molecule has 1 saturated heterocycles. The van der Waals surface area contributed by atoms with Crippen LogP contribution < -0.4 is 4.90 Å². The molecule has 0 aromatic heterocycles. The van der Waals surface area contributed by atoms with E-state index in [9.17, 15) is 27.5 Å². The van der Waals surface area contributed by atoms with Gasteiger partial charge in [0.15, 0.2) is 0 Å². The van der Waals surface area contributed by atoms with Gasteiger partial charge in [-0.05, 0) is 52.1 Å². The third-order valence-electron chi connectivity index (χ3n) is 5.91. The molecule has 12 heteroatoms. The highest BCUT2D eigenvalue weighted by molar-refractivity contribution is 9.09. The van der Waals surface area contributed by atoms with Crippen molar-refractivity contribution in [3.05, 3.63) is 27.8 Å². The molecule has 1 unspecified atom stereocenters. The van der Waals surface area contributed by atoms with Crippen LogP contribution in [0, 0.1) is 10.1 Å². The molecule has 3 rings (SSSR count). The molecule has 0 aliphatic carbocycles. The van der Waals surface area contributed by atoms with Crippen LogP contribution in [-0.2, 0) is 15.7 Å². The predicted octanol–water partition coefficient (Wildman–Crippen LogP) is 4.06. The van der Waals surface area contributed by atoms with Gasteiger partial charge >= 0.3 is 6.18 Å². The molecule has 0 saturated carbocycles. The van der Waals surface area contributed by atoms with Gasteiger partial charge in [-0.1, -0.05) is 15.9 Å². The minimum Gasteiger partial charge on any atom is -0.336 e. The Morgan fingerprint density at radius 3 is 2.39 bits per heavy atom. The van der Waals surface area contributed by atoms with Crippen LogP contribution in [0.4, 0.5) is 24.5 Å². The molecule has 1 fully saturated rings. The number of anilines is 1. The number of rotatable bonds is 5. The Morgan fingerprint density at radius 1 is 1.29 bits per heavy atom. The van der Waals surface area contributed by atoms with Crippen molar-refractivity contribution in [2.75, 3.05) is 36.9 Å². The van der Waals surface area contributed by atoms with E-state index in [1.54, 1.807) is 0 Å². The molecule has 6 nitrogen and oxygen atoms in total. The first-order valence-corrected chi connectivity index (χ1v) is 12.8. The maximum absolute atomic E-state index is 14.6. The highest BCUT2D eigenvalue weighted by Crippen LogP contribution is 2.49. The first-order chi connectivity index (χ1) is 14.6. The maximum atomic E-state index is 14.6. The molecule has 0 spiro atoms. The minimum atomic E-state index is -4.84. The summed E-state index contributed by atoms with van der Waals surface area (Å²) in [6.07, 6.45) is -2.43. The molecule has 31 heavy (non-hydrogen) atoms. The second kappa shape index (κ2) is 9.31. The lowest BCUT2D eigenvalue weighted by Gasteiger charge is -2.28. The van der Waals surface area contributed by atoms with Crippen LogP contribution in [0.1, 0.15) is 31.2 Å². The summed E-state index contributed by atoms with van der Waals surface area (Å²) in [5.41, 5.74) is -2.09. The van der Waals surface area contributed by atoms with Crippen LogP contribution in [0.2, 0.25) is 6.32 Å². The van der Waals surface area contributed by atoms with E-state index in [0.29, 0.717) is 24.2 Å². The number of non-ortho nitro benzene ring substituents is 1. The zero-order chi connectivity index (χ0) is 23.0. The van der Waals surface area contributed by atoms with Crippen molar-refractivity contribution in [3.8, 4) is 0 Å². The van der Waals surface area contributed by atoms with Crippen molar-refractivity contribution in [3.63, 3.8) is 0 Å². The summed E-state index contributed by atoms with van der Waals surface area (Å²) < 4.78 is 56.6. The van der Waals surface area contributed by atoms with Crippen LogP contribution in [0.3, 0.4) is 0 Å². The Morgan fingerprint density at radius 2 is 1.90 bits per heavy atom. The average Bonchev–Trinajstić information content (AvgIpc) is 2.92. The Hall–Kier alpha value is -1.27. The second-order valence-electron chi connectivity index (χ2n) is 7.84. The molecule has 0 bridgehead atoms. The summed E-state index contributed by atoms with van der Waals surface area (Å²) in [6.45, 7) is 1.72. The lowest BCUT2D eigenvalue weighted by Crippen LogP contribution is -2.37. The summed E-state index contributed by atoms with van der Waals surface area (Å²) >= 11 is 3.26. The van der Waals surface area contributed by atoms with Crippen LogP contribution in [0.5, 0.6) is 0 Å². The molecule has 2 heterocycles. The van der Waals surface area contributed by atoms with Crippen LogP contribution in [0.15, 0.2) is 17.0 Å². The van der Waals surface area contributed by atoms with Crippen LogP contribution >= 0.6 is 15.9 Å².